The van der Waals surface area contributed by atoms with Crippen LogP contribution in [0.25, 0.3) is 10.8 Å². The van der Waals surface area contributed by atoms with Crippen LogP contribution in [0, 0.1) is 6.92 Å². The molecule has 0 radical (unpaired) electrons. The predicted molar refractivity (Wildman–Crippen MR) is 114 cm³/mol. The molecule has 3 aromatic rings. The lowest BCUT2D eigenvalue weighted by molar-refractivity contribution is 0.743. The van der Waals surface area contributed by atoms with Crippen LogP contribution >= 0.6 is 24.0 Å². The fourth-order valence-corrected chi connectivity index (χ4v) is 3.20. The number of rotatable bonds is 3. The second-order valence-corrected chi connectivity index (χ2v) is 6.16. The van der Waals surface area contributed by atoms with Crippen molar-refractivity contribution in [2.24, 2.45) is 12.0 Å². The number of aromatic nitrogens is 2. The Bertz CT molecular complexity index is 915. The van der Waals surface area contributed by atoms with Crippen molar-refractivity contribution in [2.45, 2.75) is 13.5 Å². The maximum Gasteiger partial charge on any atom is 0.200 e. The van der Waals surface area contributed by atoms with Crippen LogP contribution in [-0.4, -0.2) is 28.8 Å². The van der Waals surface area contributed by atoms with Gasteiger partial charge in [0.1, 0.15) is 5.82 Å². The van der Waals surface area contributed by atoms with Crippen LogP contribution in [0.15, 0.2) is 53.5 Å². The first-order valence-corrected chi connectivity index (χ1v) is 8.25. The average Bonchev–Trinajstić information content (AvgIpc) is 3.18. The zero-order valence-electron chi connectivity index (χ0n) is 14.4. The molecule has 130 valence electrons. The van der Waals surface area contributed by atoms with E-state index < -0.39 is 0 Å². The SMILES string of the molecule is Cc1cc(N2CCN=C2NCc2ccc3ccccc3c2)n(C)n1.I. The van der Waals surface area contributed by atoms with Gasteiger partial charge in [0, 0.05) is 26.2 Å². The Hall–Kier alpha value is -2.09. The first-order chi connectivity index (χ1) is 11.7. The molecule has 6 heteroatoms. The van der Waals surface area contributed by atoms with Gasteiger partial charge in [-0.1, -0.05) is 36.4 Å². The lowest BCUT2D eigenvalue weighted by Gasteiger charge is -2.21. The smallest absolute Gasteiger partial charge is 0.200 e. The van der Waals surface area contributed by atoms with Gasteiger partial charge in [-0.15, -0.1) is 24.0 Å². The number of nitrogens with one attached hydrogen (secondary N) is 1. The molecule has 4 rings (SSSR count). The number of aliphatic imine (C=N–C) groups is 1. The van der Waals surface area contributed by atoms with Crippen molar-refractivity contribution in [1.29, 1.82) is 0 Å². The molecule has 0 saturated carbocycles. The summed E-state index contributed by atoms with van der Waals surface area (Å²) in [6, 6.07) is 17.1. The summed E-state index contributed by atoms with van der Waals surface area (Å²) in [5.41, 5.74) is 2.28. The van der Waals surface area contributed by atoms with E-state index in [2.05, 4.69) is 68.8 Å². The predicted octanol–water partition coefficient (Wildman–Crippen LogP) is 3.47. The lowest BCUT2D eigenvalue weighted by atomic mass is 10.1. The third-order valence-corrected chi connectivity index (χ3v) is 4.36. The highest BCUT2D eigenvalue weighted by atomic mass is 127. The monoisotopic (exact) mass is 447 g/mol. The molecule has 1 aliphatic rings. The summed E-state index contributed by atoms with van der Waals surface area (Å²) in [5, 5.41) is 10.5. The summed E-state index contributed by atoms with van der Waals surface area (Å²) in [4.78, 5) is 6.81. The lowest BCUT2D eigenvalue weighted by Crippen LogP contribution is -2.39. The van der Waals surface area contributed by atoms with E-state index in [9.17, 15) is 0 Å². The topological polar surface area (TPSA) is 45.5 Å². The fraction of sp³-hybridized carbons (Fsp3) is 0.263. The third kappa shape index (κ3) is 3.63. The van der Waals surface area contributed by atoms with Crippen molar-refractivity contribution in [1.82, 2.24) is 15.1 Å². The van der Waals surface area contributed by atoms with E-state index in [1.165, 1.54) is 16.3 Å². The van der Waals surface area contributed by atoms with Crippen molar-refractivity contribution in [3.05, 3.63) is 59.8 Å². The van der Waals surface area contributed by atoms with Gasteiger partial charge < -0.3 is 5.32 Å². The minimum absolute atomic E-state index is 0. The molecule has 0 spiro atoms. The summed E-state index contributed by atoms with van der Waals surface area (Å²) < 4.78 is 1.91. The summed E-state index contributed by atoms with van der Waals surface area (Å²) in [5.74, 6) is 2.00. The fourth-order valence-electron chi connectivity index (χ4n) is 3.20. The molecule has 0 fully saturated rings. The molecule has 2 heterocycles. The molecule has 0 unspecified atom stereocenters. The summed E-state index contributed by atoms with van der Waals surface area (Å²) in [7, 11) is 1.97. The van der Waals surface area contributed by atoms with Crippen LogP contribution in [0.4, 0.5) is 5.82 Å². The Kier molecular flexibility index (Phi) is 5.27. The average molecular weight is 447 g/mol. The van der Waals surface area contributed by atoms with E-state index in [1.54, 1.807) is 0 Å². The number of guanidine groups is 1. The van der Waals surface area contributed by atoms with Crippen molar-refractivity contribution >= 4 is 46.5 Å². The molecule has 0 aliphatic carbocycles. The van der Waals surface area contributed by atoms with Gasteiger partial charge in [-0.05, 0) is 29.3 Å². The molecule has 0 amide bonds. The van der Waals surface area contributed by atoms with Crippen molar-refractivity contribution in [3.63, 3.8) is 0 Å². The van der Waals surface area contributed by atoms with Gasteiger partial charge in [-0.2, -0.15) is 5.10 Å². The van der Waals surface area contributed by atoms with Crippen molar-refractivity contribution < 1.29 is 0 Å². The van der Waals surface area contributed by atoms with E-state index in [-0.39, 0.29) is 24.0 Å². The van der Waals surface area contributed by atoms with Gasteiger partial charge in [-0.3, -0.25) is 14.6 Å². The molecule has 0 atom stereocenters. The molecule has 1 aromatic heterocycles. The number of hydrogen-bond acceptors (Lipinski definition) is 4. The minimum atomic E-state index is 0. The number of fused-ring (bicyclic) bond motifs is 1. The number of halogens is 1. The molecule has 1 aliphatic heterocycles. The molecule has 1 N–H and O–H groups in total. The minimum Gasteiger partial charge on any atom is -0.352 e. The van der Waals surface area contributed by atoms with E-state index in [0.29, 0.717) is 0 Å². The Labute approximate surface area is 164 Å². The Morgan fingerprint density at radius 3 is 2.64 bits per heavy atom. The second-order valence-electron chi connectivity index (χ2n) is 6.16. The summed E-state index contributed by atoms with van der Waals surface area (Å²) >= 11 is 0. The maximum absolute atomic E-state index is 4.61. The summed E-state index contributed by atoms with van der Waals surface area (Å²) in [6.45, 7) is 4.47. The van der Waals surface area contributed by atoms with Gasteiger partial charge in [-0.25, -0.2) is 0 Å². The molecule has 0 bridgehead atoms. The van der Waals surface area contributed by atoms with Gasteiger partial charge in [0.2, 0.25) is 0 Å². The van der Waals surface area contributed by atoms with Crippen LogP contribution < -0.4 is 10.2 Å². The number of anilines is 1. The Balaban J connectivity index is 0.00000182. The second kappa shape index (κ2) is 7.43. The Morgan fingerprint density at radius 2 is 1.88 bits per heavy atom. The number of nitrogens with zero attached hydrogens (tertiary/aromatic N) is 4. The summed E-state index contributed by atoms with van der Waals surface area (Å²) in [6.07, 6.45) is 0. The quantitative estimate of drug-likeness (QED) is 0.626. The molecular formula is C19H22IN5. The van der Waals surface area contributed by atoms with Crippen LogP contribution in [0.2, 0.25) is 0 Å². The molecular weight excluding hydrogens is 425 g/mol. The molecule has 25 heavy (non-hydrogen) atoms. The highest BCUT2D eigenvalue weighted by molar-refractivity contribution is 14.0. The highest BCUT2D eigenvalue weighted by Crippen LogP contribution is 2.19. The van der Waals surface area contributed by atoms with Crippen molar-refractivity contribution in [3.8, 4) is 0 Å². The number of hydrogen-bond donors (Lipinski definition) is 1. The highest BCUT2D eigenvalue weighted by Gasteiger charge is 2.21. The van der Waals surface area contributed by atoms with Gasteiger partial charge in [0.15, 0.2) is 5.96 Å². The first kappa shape index (κ1) is 17.7. The largest absolute Gasteiger partial charge is 0.352 e. The van der Waals surface area contributed by atoms with Gasteiger partial charge in [0.25, 0.3) is 0 Å². The third-order valence-electron chi connectivity index (χ3n) is 4.36. The van der Waals surface area contributed by atoms with E-state index in [1.807, 2.05) is 18.7 Å². The zero-order chi connectivity index (χ0) is 16.5. The van der Waals surface area contributed by atoms with Crippen LogP contribution in [0.3, 0.4) is 0 Å². The normalized spacial score (nSPS) is 13.7. The molecule has 0 saturated heterocycles. The van der Waals surface area contributed by atoms with E-state index >= 15 is 0 Å². The van der Waals surface area contributed by atoms with Crippen molar-refractivity contribution in [2.75, 3.05) is 18.0 Å². The zero-order valence-corrected chi connectivity index (χ0v) is 16.8. The van der Waals surface area contributed by atoms with Gasteiger partial charge in [0.05, 0.1) is 12.2 Å². The Morgan fingerprint density at radius 1 is 1.08 bits per heavy atom. The van der Waals surface area contributed by atoms with Crippen LogP contribution in [0.1, 0.15) is 11.3 Å². The van der Waals surface area contributed by atoms with E-state index in [0.717, 1.165) is 37.1 Å². The van der Waals surface area contributed by atoms with Crippen LogP contribution in [-0.2, 0) is 13.6 Å². The standard InChI is InChI=1S/C19H21N5.HI/c1-14-11-18(23(2)22-14)24-10-9-20-19(24)21-13-15-7-8-16-5-3-4-6-17(16)12-15;/h3-8,11-12H,9-10,13H2,1-2H3,(H,20,21);1H. The number of benzene rings is 2. The molecule has 2 aromatic carbocycles. The van der Waals surface area contributed by atoms with Gasteiger partial charge >= 0.3 is 0 Å². The van der Waals surface area contributed by atoms with E-state index in [4.69, 9.17) is 0 Å². The number of aryl methyl sites for hydroxylation is 2. The van der Waals surface area contributed by atoms with Crippen LogP contribution in [0.5, 0.6) is 0 Å². The molecule has 5 nitrogen and oxygen atoms in total. The maximum atomic E-state index is 4.61. The first-order valence-electron chi connectivity index (χ1n) is 8.25.